The highest BCUT2D eigenvalue weighted by Crippen LogP contribution is 2.38. The lowest BCUT2D eigenvalue weighted by atomic mass is 10.1. The number of amides is 1. The maximum Gasteiger partial charge on any atom is 0.270 e. The molecule has 0 N–H and O–H groups in total. The Morgan fingerprint density at radius 2 is 1.96 bits per heavy atom. The zero-order valence-electron chi connectivity index (χ0n) is 15.1. The van der Waals surface area contributed by atoms with Crippen LogP contribution in [0.15, 0.2) is 47.4 Å². The molecule has 0 unspecified atom stereocenters. The van der Waals surface area contributed by atoms with Crippen molar-refractivity contribution in [3.63, 3.8) is 0 Å². The normalized spacial score (nSPS) is 15.2. The molecule has 1 fully saturated rings. The number of carbonyl (C=O) groups is 1. The van der Waals surface area contributed by atoms with E-state index in [4.69, 9.17) is 21.7 Å². The lowest BCUT2D eigenvalue weighted by Crippen LogP contribution is -2.27. The van der Waals surface area contributed by atoms with Crippen LogP contribution in [0.4, 0.5) is 11.4 Å². The molecule has 1 aliphatic rings. The minimum Gasteiger partial charge on any atom is -0.496 e. The van der Waals surface area contributed by atoms with Crippen molar-refractivity contribution in [1.82, 2.24) is 0 Å². The molecule has 28 heavy (non-hydrogen) atoms. The Kier molecular flexibility index (Phi) is 5.96. The highest BCUT2D eigenvalue weighted by Gasteiger charge is 2.33. The van der Waals surface area contributed by atoms with Gasteiger partial charge in [-0.2, -0.15) is 0 Å². The van der Waals surface area contributed by atoms with E-state index in [1.54, 1.807) is 30.3 Å². The zero-order chi connectivity index (χ0) is 20.3. The molecule has 0 bridgehead atoms. The third-order valence-electron chi connectivity index (χ3n) is 3.91. The predicted octanol–water partition coefficient (Wildman–Crippen LogP) is 4.41. The van der Waals surface area contributed by atoms with E-state index >= 15 is 0 Å². The topological polar surface area (TPSA) is 81.9 Å². The van der Waals surface area contributed by atoms with Crippen molar-refractivity contribution in [1.29, 1.82) is 0 Å². The third kappa shape index (κ3) is 4.00. The van der Waals surface area contributed by atoms with Crippen molar-refractivity contribution in [2.75, 3.05) is 18.6 Å². The van der Waals surface area contributed by atoms with E-state index in [9.17, 15) is 14.9 Å². The number of rotatable bonds is 6. The number of thiocarbonyl (C=S) groups is 1. The van der Waals surface area contributed by atoms with Crippen molar-refractivity contribution in [2.45, 2.75) is 6.92 Å². The zero-order valence-corrected chi connectivity index (χ0v) is 16.7. The van der Waals surface area contributed by atoms with Gasteiger partial charge in [0.1, 0.15) is 11.5 Å². The summed E-state index contributed by atoms with van der Waals surface area (Å²) in [5.41, 5.74) is 0.971. The van der Waals surface area contributed by atoms with Crippen LogP contribution in [0.1, 0.15) is 12.5 Å². The molecule has 0 atom stereocenters. The SMILES string of the molecule is CCOc1ccc(N2C(=O)/C(=C\c3cc([N+](=O)[O-])ccc3OC)SC2=S)cc1. The number of hydrogen-bond acceptors (Lipinski definition) is 7. The molecule has 0 aromatic heterocycles. The molecule has 0 spiro atoms. The van der Waals surface area contributed by atoms with Crippen LogP contribution < -0.4 is 14.4 Å². The van der Waals surface area contributed by atoms with E-state index in [1.165, 1.54) is 30.2 Å². The fourth-order valence-electron chi connectivity index (χ4n) is 2.64. The van der Waals surface area contributed by atoms with Crippen molar-refractivity contribution >= 4 is 51.7 Å². The fourth-order valence-corrected chi connectivity index (χ4v) is 3.93. The molecule has 0 radical (unpaired) electrons. The van der Waals surface area contributed by atoms with Gasteiger partial charge in [0, 0.05) is 17.7 Å². The van der Waals surface area contributed by atoms with E-state index in [0.29, 0.717) is 38.6 Å². The average Bonchev–Trinajstić information content (AvgIpc) is 2.96. The van der Waals surface area contributed by atoms with E-state index in [-0.39, 0.29) is 11.6 Å². The number of nitro groups is 1. The fraction of sp³-hybridized carbons (Fsp3) is 0.158. The smallest absolute Gasteiger partial charge is 0.270 e. The summed E-state index contributed by atoms with van der Waals surface area (Å²) in [6.45, 7) is 2.44. The summed E-state index contributed by atoms with van der Waals surface area (Å²) in [6, 6.07) is 11.3. The Morgan fingerprint density at radius 1 is 1.25 bits per heavy atom. The quantitative estimate of drug-likeness (QED) is 0.299. The molecule has 1 heterocycles. The second-order valence-corrected chi connectivity index (χ2v) is 7.30. The molecule has 2 aromatic carbocycles. The number of ether oxygens (including phenoxy) is 2. The second-order valence-electron chi connectivity index (χ2n) is 5.63. The number of carbonyl (C=O) groups excluding carboxylic acids is 1. The minimum absolute atomic E-state index is 0.0889. The summed E-state index contributed by atoms with van der Waals surface area (Å²) in [7, 11) is 1.46. The first kappa shape index (κ1) is 19.8. The van der Waals surface area contributed by atoms with Gasteiger partial charge in [-0.25, -0.2) is 0 Å². The van der Waals surface area contributed by atoms with Crippen LogP contribution in [0, 0.1) is 10.1 Å². The summed E-state index contributed by atoms with van der Waals surface area (Å²) in [6.07, 6.45) is 1.56. The molecule has 1 aliphatic heterocycles. The number of benzene rings is 2. The molecule has 0 saturated carbocycles. The number of anilines is 1. The number of non-ortho nitro benzene ring substituents is 1. The van der Waals surface area contributed by atoms with Crippen LogP contribution >= 0.6 is 24.0 Å². The number of thioether (sulfide) groups is 1. The third-order valence-corrected chi connectivity index (χ3v) is 5.21. The van der Waals surface area contributed by atoms with Gasteiger partial charge in [0.05, 0.1) is 29.2 Å². The number of nitro benzene ring substituents is 1. The van der Waals surface area contributed by atoms with Gasteiger partial charge in [-0.3, -0.25) is 19.8 Å². The van der Waals surface area contributed by atoms with Crippen LogP contribution in [0.5, 0.6) is 11.5 Å². The first-order valence-corrected chi connectivity index (χ1v) is 9.50. The minimum atomic E-state index is -0.498. The van der Waals surface area contributed by atoms with Crippen molar-refractivity contribution in [2.24, 2.45) is 0 Å². The predicted molar refractivity (Wildman–Crippen MR) is 113 cm³/mol. The maximum atomic E-state index is 12.9. The molecular formula is C19H16N2O5S2. The van der Waals surface area contributed by atoms with Gasteiger partial charge in [-0.05, 0) is 43.3 Å². The second kappa shape index (κ2) is 8.41. The molecule has 3 rings (SSSR count). The van der Waals surface area contributed by atoms with E-state index in [1.807, 2.05) is 6.92 Å². The number of nitrogens with zero attached hydrogens (tertiary/aromatic N) is 2. The van der Waals surface area contributed by atoms with Gasteiger partial charge >= 0.3 is 0 Å². The van der Waals surface area contributed by atoms with Crippen LogP contribution in [0.2, 0.25) is 0 Å². The van der Waals surface area contributed by atoms with Crippen LogP contribution in [0.3, 0.4) is 0 Å². The molecule has 9 heteroatoms. The van der Waals surface area contributed by atoms with Gasteiger partial charge in [0.25, 0.3) is 11.6 Å². The lowest BCUT2D eigenvalue weighted by Gasteiger charge is -2.15. The molecule has 2 aromatic rings. The molecule has 1 saturated heterocycles. The molecule has 1 amide bonds. The van der Waals surface area contributed by atoms with E-state index in [0.717, 1.165) is 11.8 Å². The van der Waals surface area contributed by atoms with Crippen molar-refractivity contribution < 1.29 is 19.2 Å². The lowest BCUT2D eigenvalue weighted by molar-refractivity contribution is -0.384. The average molecular weight is 416 g/mol. The number of hydrogen-bond donors (Lipinski definition) is 0. The summed E-state index contributed by atoms with van der Waals surface area (Å²) < 4.78 is 11.0. The Morgan fingerprint density at radius 3 is 2.57 bits per heavy atom. The highest BCUT2D eigenvalue weighted by atomic mass is 32.2. The molecule has 0 aliphatic carbocycles. The molecule has 7 nitrogen and oxygen atoms in total. The molecule has 144 valence electrons. The van der Waals surface area contributed by atoms with E-state index < -0.39 is 4.92 Å². The Bertz CT molecular complexity index is 973. The maximum absolute atomic E-state index is 12.9. The summed E-state index contributed by atoms with van der Waals surface area (Å²) in [4.78, 5) is 25.2. The van der Waals surface area contributed by atoms with Gasteiger partial charge in [0.15, 0.2) is 4.32 Å². The summed E-state index contributed by atoms with van der Waals surface area (Å²) in [5.74, 6) is 0.832. The van der Waals surface area contributed by atoms with E-state index in [2.05, 4.69) is 0 Å². The number of methoxy groups -OCH3 is 1. The Balaban J connectivity index is 1.93. The monoisotopic (exact) mass is 416 g/mol. The van der Waals surface area contributed by atoms with Gasteiger partial charge in [-0.15, -0.1) is 0 Å². The highest BCUT2D eigenvalue weighted by molar-refractivity contribution is 8.27. The Hall–Kier alpha value is -2.91. The van der Waals surface area contributed by atoms with Gasteiger partial charge in [-0.1, -0.05) is 24.0 Å². The summed E-state index contributed by atoms with van der Waals surface area (Å²) in [5, 5.41) is 11.1. The van der Waals surface area contributed by atoms with Crippen molar-refractivity contribution in [3.05, 3.63) is 63.0 Å². The van der Waals surface area contributed by atoms with Crippen LogP contribution in [0.25, 0.3) is 6.08 Å². The Labute approximate surface area is 171 Å². The van der Waals surface area contributed by atoms with Gasteiger partial charge in [0.2, 0.25) is 0 Å². The first-order chi connectivity index (χ1) is 13.4. The van der Waals surface area contributed by atoms with Crippen molar-refractivity contribution in [3.8, 4) is 11.5 Å². The standard InChI is InChI=1S/C19H16N2O5S2/c1-3-26-15-7-4-13(5-8-15)20-18(22)17(28-19(20)27)11-12-10-14(21(23)24)6-9-16(12)25-2/h4-11H,3H2,1-2H3/b17-11+. The van der Waals surface area contributed by atoms with Gasteiger partial charge < -0.3 is 9.47 Å². The van der Waals surface area contributed by atoms with Crippen LogP contribution in [-0.2, 0) is 4.79 Å². The summed E-state index contributed by atoms with van der Waals surface area (Å²) >= 11 is 6.49. The van der Waals surface area contributed by atoms with Crippen LogP contribution in [-0.4, -0.2) is 28.9 Å². The molecular weight excluding hydrogens is 400 g/mol. The largest absolute Gasteiger partial charge is 0.496 e. The first-order valence-electron chi connectivity index (χ1n) is 8.28.